The van der Waals surface area contributed by atoms with Gasteiger partial charge >= 0.3 is 18.9 Å². The second-order valence-corrected chi connectivity index (χ2v) is 5.40. The van der Waals surface area contributed by atoms with Crippen LogP contribution in [0.3, 0.4) is 0 Å². The zero-order valence-electron chi connectivity index (χ0n) is 14.2. The molecule has 0 aliphatic carbocycles. The van der Waals surface area contributed by atoms with Crippen molar-refractivity contribution < 1.29 is 39.3 Å². The number of benzene rings is 2. The minimum atomic E-state index is -0.102. The van der Waals surface area contributed by atoms with Crippen LogP contribution in [-0.4, -0.2) is 26.9 Å². The van der Waals surface area contributed by atoms with Gasteiger partial charge in [-0.25, -0.2) is 0 Å². The van der Waals surface area contributed by atoms with Gasteiger partial charge in [0.15, 0.2) is 17.0 Å². The maximum Gasteiger partial charge on any atom is 1.00 e. The van der Waals surface area contributed by atoms with E-state index in [0.717, 1.165) is 0 Å². The Hall–Kier alpha value is -1.46. The molecule has 0 fully saturated rings. The molecule has 0 radical (unpaired) electrons. The topological polar surface area (TPSA) is 44.8 Å². The minimum Gasteiger partial charge on any atom is -1.00 e. The molecule has 2 aromatic rings. The molecule has 2 rings (SSSR count). The molecule has 0 saturated heterocycles. The Morgan fingerprint density at radius 2 is 1.50 bits per heavy atom. The summed E-state index contributed by atoms with van der Waals surface area (Å²) in [5.41, 5.74) is 0.697. The van der Waals surface area contributed by atoms with E-state index >= 15 is 0 Å². The van der Waals surface area contributed by atoms with Crippen molar-refractivity contribution in [2.24, 2.45) is 0 Å². The van der Waals surface area contributed by atoms with Gasteiger partial charge in [0.25, 0.3) is 0 Å². The van der Waals surface area contributed by atoms with Crippen molar-refractivity contribution in [2.75, 3.05) is 21.3 Å². The van der Waals surface area contributed by atoms with E-state index in [2.05, 4.69) is 0 Å². The number of methoxy groups -OCH3 is 3. The molecule has 0 amide bonds. The fourth-order valence-electron chi connectivity index (χ4n) is 1.97. The molecule has 112 valence electrons. The van der Waals surface area contributed by atoms with Crippen LogP contribution in [0, 0.1) is 0 Å². The molecular weight excluding hydrogens is 294 g/mol. The van der Waals surface area contributed by atoms with E-state index in [4.69, 9.17) is 14.2 Å². The van der Waals surface area contributed by atoms with Gasteiger partial charge in [-0.1, -0.05) is 30.3 Å². The van der Waals surface area contributed by atoms with Crippen LogP contribution in [0.15, 0.2) is 42.5 Å². The van der Waals surface area contributed by atoms with Gasteiger partial charge in [-0.2, -0.15) is 0 Å². The third kappa shape index (κ3) is 4.05. The maximum absolute atomic E-state index is 12.4. The van der Waals surface area contributed by atoms with Crippen molar-refractivity contribution in [2.45, 2.75) is 0 Å². The first-order valence-electron chi connectivity index (χ1n) is 6.36. The Bertz CT molecular complexity index is 637. The fourth-order valence-corrected chi connectivity index (χ4v) is 3.16. The number of ether oxygens (including phenoxy) is 3. The second kappa shape index (κ2) is 8.85. The number of rotatable bonds is 6. The van der Waals surface area contributed by atoms with Crippen LogP contribution in [0.25, 0.3) is 0 Å². The van der Waals surface area contributed by atoms with Crippen LogP contribution in [0.2, 0.25) is 0 Å². The zero-order chi connectivity index (χ0) is 15.2. The molecule has 1 unspecified atom stereocenters. The average Bonchev–Trinajstić information content (AvgIpc) is 2.55. The van der Waals surface area contributed by atoms with E-state index < -0.39 is 0 Å². The zero-order valence-corrected chi connectivity index (χ0v) is 14.2. The molecule has 0 bridgehead atoms. The third-order valence-electron chi connectivity index (χ3n) is 3.00. The van der Waals surface area contributed by atoms with Crippen LogP contribution in [0.1, 0.15) is 11.8 Å². The predicted octanol–water partition coefficient (Wildman–Crippen LogP) is -0.0269. The van der Waals surface area contributed by atoms with E-state index in [-0.39, 0.29) is 34.4 Å². The van der Waals surface area contributed by atoms with E-state index in [1.165, 1.54) is 0 Å². The van der Waals surface area contributed by atoms with Gasteiger partial charge in [0.05, 0.1) is 26.6 Å². The summed E-state index contributed by atoms with van der Waals surface area (Å²) in [6, 6.07) is 12.7. The van der Waals surface area contributed by atoms with Gasteiger partial charge in [-0.3, -0.25) is 4.79 Å². The van der Waals surface area contributed by atoms with Gasteiger partial charge in [0.2, 0.25) is 0 Å². The van der Waals surface area contributed by atoms with E-state index in [0.29, 0.717) is 28.1 Å². The summed E-state index contributed by atoms with van der Waals surface area (Å²) in [5.74, 6) is 1.75. The Labute approximate surface area is 145 Å². The van der Waals surface area contributed by atoms with Crippen LogP contribution < -0.4 is 38.4 Å². The molecule has 1 atom stereocenters. The number of hydrogen-bond acceptors (Lipinski definition) is 4. The smallest absolute Gasteiger partial charge is 1.00 e. The Morgan fingerprint density at radius 1 is 0.909 bits per heavy atom. The van der Waals surface area contributed by atoms with Gasteiger partial charge in [-0.05, 0) is 20.7 Å². The molecule has 0 aromatic heterocycles. The number of carbonyl (C=O) groups is 1. The van der Waals surface area contributed by atoms with Gasteiger partial charge in [0.1, 0.15) is 5.75 Å². The quantitative estimate of drug-likeness (QED) is 0.555. The summed E-state index contributed by atoms with van der Waals surface area (Å²) in [7, 11) is 4.59. The second-order valence-electron chi connectivity index (χ2n) is 4.20. The first kappa shape index (κ1) is 18.6. The fraction of sp³-hybridized carbons (Fsp3) is 0.188. The van der Waals surface area contributed by atoms with E-state index in [1.54, 1.807) is 45.6 Å². The van der Waals surface area contributed by atoms with Crippen molar-refractivity contribution in [1.29, 1.82) is 0 Å². The van der Waals surface area contributed by atoms with Crippen molar-refractivity contribution in [3.8, 4) is 17.2 Å². The van der Waals surface area contributed by atoms with E-state index in [1.807, 2.05) is 18.2 Å². The summed E-state index contributed by atoms with van der Waals surface area (Å²) in [6.45, 7) is 0. The summed E-state index contributed by atoms with van der Waals surface area (Å²) in [5, 5.41) is 0.716. The molecule has 0 aliphatic rings. The summed E-state index contributed by atoms with van der Waals surface area (Å²) in [4.78, 5) is 12.4. The summed E-state index contributed by atoms with van der Waals surface area (Å²) < 4.78 is 16.0. The maximum atomic E-state index is 12.4. The molecule has 4 nitrogen and oxygen atoms in total. The van der Waals surface area contributed by atoms with Crippen molar-refractivity contribution in [1.82, 2.24) is 0 Å². The largest absolute Gasteiger partial charge is 1.00 e. The molecule has 0 N–H and O–H groups in total. The monoisotopic (exact) mass is 312 g/mol. The van der Waals surface area contributed by atoms with Crippen LogP contribution in [-0.2, 0) is 0 Å². The normalized spacial score (nSPS) is 10.1. The SMILES string of the molecule is COc1ccc(OC)c(PC(=O)c2ccccc2)c1OC.[H-].[Li+]. The standard InChI is InChI=1S/C16H17O4P.Li.H/c1-18-12-9-10-13(19-2)15(14(12)20-3)21-16(17)11-7-5-4-6-8-11;;/h4-10,21H,1-3H3;;/q;+1;-1. The molecule has 0 saturated carbocycles. The van der Waals surface area contributed by atoms with Crippen LogP contribution in [0.5, 0.6) is 17.2 Å². The van der Waals surface area contributed by atoms with Crippen molar-refractivity contribution in [3.63, 3.8) is 0 Å². The summed E-state index contributed by atoms with van der Waals surface area (Å²) in [6.07, 6.45) is 0. The molecule has 0 aliphatic heterocycles. The average molecular weight is 312 g/mol. The Morgan fingerprint density at radius 3 is 2.05 bits per heavy atom. The first-order chi connectivity index (χ1) is 10.2. The number of hydrogen-bond donors (Lipinski definition) is 0. The van der Waals surface area contributed by atoms with Gasteiger partial charge < -0.3 is 15.6 Å². The first-order valence-corrected chi connectivity index (χ1v) is 7.36. The number of carbonyl (C=O) groups excluding carboxylic acids is 1. The molecule has 2 aromatic carbocycles. The molecule has 0 spiro atoms. The molecule has 6 heteroatoms. The molecule has 22 heavy (non-hydrogen) atoms. The third-order valence-corrected chi connectivity index (χ3v) is 4.24. The van der Waals surface area contributed by atoms with Gasteiger partial charge in [0, 0.05) is 5.56 Å². The molecular formula is C16H18LiO4P. The molecule has 0 heterocycles. The summed E-state index contributed by atoms with van der Waals surface area (Å²) >= 11 is 0. The van der Waals surface area contributed by atoms with Crippen molar-refractivity contribution >= 4 is 19.4 Å². The Balaban J connectivity index is 0.00000242. The van der Waals surface area contributed by atoms with Gasteiger partial charge in [-0.15, -0.1) is 0 Å². The van der Waals surface area contributed by atoms with E-state index in [9.17, 15) is 4.79 Å². The Kier molecular flexibility index (Phi) is 7.48. The van der Waals surface area contributed by atoms with Crippen LogP contribution >= 0.6 is 8.58 Å². The van der Waals surface area contributed by atoms with Crippen LogP contribution in [0.4, 0.5) is 0 Å². The van der Waals surface area contributed by atoms with Crippen molar-refractivity contribution in [3.05, 3.63) is 48.0 Å². The minimum absolute atomic E-state index is 0. The predicted molar refractivity (Wildman–Crippen MR) is 85.9 cm³/mol.